The van der Waals surface area contributed by atoms with Crippen molar-refractivity contribution in [1.82, 2.24) is 4.98 Å². The van der Waals surface area contributed by atoms with Gasteiger partial charge in [-0.05, 0) is 25.1 Å². The molecule has 0 bridgehead atoms. The van der Waals surface area contributed by atoms with E-state index in [1.54, 1.807) is 31.2 Å². The zero-order valence-corrected chi connectivity index (χ0v) is 9.75. The molecule has 0 atom stereocenters. The standard InChI is InChI=1S/C13H12N2O3/c1-8-10(13(16)17)3-2-4-11(8)18-12-6-5-9(14)7-15-12/h2-7H,14H2,1H3,(H,16,17). The summed E-state index contributed by atoms with van der Waals surface area (Å²) in [7, 11) is 0. The summed E-state index contributed by atoms with van der Waals surface area (Å²) in [6.45, 7) is 1.69. The Bertz CT molecular complexity index is 579. The van der Waals surface area contributed by atoms with Gasteiger partial charge >= 0.3 is 5.97 Å². The molecule has 3 N–H and O–H groups in total. The fourth-order valence-corrected chi connectivity index (χ4v) is 1.52. The molecule has 0 aliphatic heterocycles. The van der Waals surface area contributed by atoms with Crippen molar-refractivity contribution < 1.29 is 14.6 Å². The normalized spacial score (nSPS) is 10.1. The molecule has 0 saturated carbocycles. The van der Waals surface area contributed by atoms with Gasteiger partial charge in [0.05, 0.1) is 17.4 Å². The number of nitrogen functional groups attached to an aromatic ring is 1. The van der Waals surface area contributed by atoms with Crippen molar-refractivity contribution in [3.8, 4) is 11.6 Å². The minimum Gasteiger partial charge on any atom is -0.478 e. The Labute approximate surface area is 104 Å². The summed E-state index contributed by atoms with van der Waals surface area (Å²) in [5, 5.41) is 9.00. The molecule has 92 valence electrons. The average molecular weight is 244 g/mol. The first-order valence-electron chi connectivity index (χ1n) is 5.30. The molecule has 5 heteroatoms. The van der Waals surface area contributed by atoms with E-state index in [0.29, 0.717) is 22.9 Å². The predicted octanol–water partition coefficient (Wildman–Crippen LogP) is 2.46. The summed E-state index contributed by atoms with van der Waals surface area (Å²) in [4.78, 5) is 15.0. The molecule has 0 amide bonds. The molecule has 18 heavy (non-hydrogen) atoms. The number of anilines is 1. The number of pyridine rings is 1. The highest BCUT2D eigenvalue weighted by Gasteiger charge is 2.11. The van der Waals surface area contributed by atoms with E-state index in [1.165, 1.54) is 12.3 Å². The number of carboxylic acid groups (broad SMARTS) is 1. The number of carbonyl (C=O) groups is 1. The fourth-order valence-electron chi connectivity index (χ4n) is 1.52. The number of ether oxygens (including phenoxy) is 1. The van der Waals surface area contributed by atoms with Gasteiger partial charge in [-0.1, -0.05) is 6.07 Å². The van der Waals surface area contributed by atoms with Crippen molar-refractivity contribution in [3.63, 3.8) is 0 Å². The van der Waals surface area contributed by atoms with Gasteiger partial charge in [0.1, 0.15) is 5.75 Å². The van der Waals surface area contributed by atoms with E-state index in [2.05, 4.69) is 4.98 Å². The van der Waals surface area contributed by atoms with Gasteiger partial charge in [-0.3, -0.25) is 0 Å². The number of benzene rings is 1. The second-order valence-corrected chi connectivity index (χ2v) is 3.77. The topological polar surface area (TPSA) is 85.4 Å². The number of rotatable bonds is 3. The quantitative estimate of drug-likeness (QED) is 0.866. The Kier molecular flexibility index (Phi) is 3.14. The van der Waals surface area contributed by atoms with Crippen LogP contribution >= 0.6 is 0 Å². The monoisotopic (exact) mass is 244 g/mol. The van der Waals surface area contributed by atoms with Crippen LogP contribution in [0.3, 0.4) is 0 Å². The summed E-state index contributed by atoms with van der Waals surface area (Å²) < 4.78 is 5.52. The second-order valence-electron chi connectivity index (χ2n) is 3.77. The van der Waals surface area contributed by atoms with Crippen molar-refractivity contribution in [3.05, 3.63) is 47.7 Å². The summed E-state index contributed by atoms with van der Waals surface area (Å²) >= 11 is 0. The highest BCUT2D eigenvalue weighted by atomic mass is 16.5. The zero-order valence-electron chi connectivity index (χ0n) is 9.75. The number of hydrogen-bond acceptors (Lipinski definition) is 4. The summed E-state index contributed by atoms with van der Waals surface area (Å²) in [5.74, 6) is -0.148. The number of nitrogens with two attached hydrogens (primary N) is 1. The maximum atomic E-state index is 11.0. The third-order valence-corrected chi connectivity index (χ3v) is 2.49. The van der Waals surface area contributed by atoms with Crippen LogP contribution in [0.25, 0.3) is 0 Å². The van der Waals surface area contributed by atoms with Crippen LogP contribution in [0.1, 0.15) is 15.9 Å². The molecule has 1 aromatic carbocycles. The molecule has 0 saturated heterocycles. The molecule has 1 heterocycles. The lowest BCUT2D eigenvalue weighted by atomic mass is 10.1. The number of aromatic nitrogens is 1. The molecule has 1 aromatic heterocycles. The molecule has 5 nitrogen and oxygen atoms in total. The van der Waals surface area contributed by atoms with E-state index in [0.717, 1.165) is 0 Å². The van der Waals surface area contributed by atoms with E-state index < -0.39 is 5.97 Å². The molecule has 2 aromatic rings. The summed E-state index contributed by atoms with van der Waals surface area (Å²) in [6, 6.07) is 8.14. The van der Waals surface area contributed by atoms with Crippen LogP contribution in [-0.2, 0) is 0 Å². The number of aromatic carboxylic acids is 1. The lowest BCUT2D eigenvalue weighted by Crippen LogP contribution is -2.01. The molecule has 0 aliphatic carbocycles. The van der Waals surface area contributed by atoms with Gasteiger partial charge in [0.2, 0.25) is 5.88 Å². The molecule has 0 spiro atoms. The number of nitrogens with zero attached hydrogens (tertiary/aromatic N) is 1. The zero-order chi connectivity index (χ0) is 13.1. The van der Waals surface area contributed by atoms with E-state index in [9.17, 15) is 4.79 Å². The Hall–Kier alpha value is -2.56. The molecule has 0 aliphatic rings. The highest BCUT2D eigenvalue weighted by molar-refractivity contribution is 5.90. The van der Waals surface area contributed by atoms with E-state index in [-0.39, 0.29) is 5.56 Å². The van der Waals surface area contributed by atoms with Gasteiger partial charge in [0, 0.05) is 11.6 Å². The van der Waals surface area contributed by atoms with Gasteiger partial charge in [0.25, 0.3) is 0 Å². The maximum absolute atomic E-state index is 11.0. The second kappa shape index (κ2) is 4.75. The van der Waals surface area contributed by atoms with Crippen LogP contribution in [0, 0.1) is 6.92 Å². The van der Waals surface area contributed by atoms with Gasteiger partial charge in [-0.15, -0.1) is 0 Å². The first-order valence-corrected chi connectivity index (χ1v) is 5.30. The van der Waals surface area contributed by atoms with Crippen LogP contribution in [0.15, 0.2) is 36.5 Å². The smallest absolute Gasteiger partial charge is 0.336 e. The van der Waals surface area contributed by atoms with Gasteiger partial charge in [-0.25, -0.2) is 9.78 Å². The Balaban J connectivity index is 2.32. The molecule has 0 radical (unpaired) electrons. The van der Waals surface area contributed by atoms with E-state index in [1.807, 2.05) is 0 Å². The first-order chi connectivity index (χ1) is 8.58. The minimum absolute atomic E-state index is 0.211. The van der Waals surface area contributed by atoms with Crippen LogP contribution < -0.4 is 10.5 Å². The fraction of sp³-hybridized carbons (Fsp3) is 0.0769. The number of hydrogen-bond donors (Lipinski definition) is 2. The summed E-state index contributed by atoms with van der Waals surface area (Å²) in [5.41, 5.74) is 6.83. The number of carboxylic acids is 1. The molecule has 0 unspecified atom stereocenters. The molecular weight excluding hydrogens is 232 g/mol. The Morgan fingerprint density at radius 2 is 2.11 bits per heavy atom. The summed E-state index contributed by atoms with van der Waals surface area (Å²) in [6.07, 6.45) is 1.48. The van der Waals surface area contributed by atoms with Crippen molar-refractivity contribution in [2.75, 3.05) is 5.73 Å². The van der Waals surface area contributed by atoms with Crippen molar-refractivity contribution in [2.45, 2.75) is 6.92 Å². The van der Waals surface area contributed by atoms with Crippen LogP contribution in [0.5, 0.6) is 11.6 Å². The highest BCUT2D eigenvalue weighted by Crippen LogP contribution is 2.26. The Morgan fingerprint density at radius 3 is 2.72 bits per heavy atom. The largest absolute Gasteiger partial charge is 0.478 e. The van der Waals surface area contributed by atoms with Crippen LogP contribution in [-0.4, -0.2) is 16.1 Å². The van der Waals surface area contributed by atoms with Gasteiger partial charge < -0.3 is 15.6 Å². The lowest BCUT2D eigenvalue weighted by molar-refractivity contribution is 0.0695. The van der Waals surface area contributed by atoms with Crippen molar-refractivity contribution in [2.24, 2.45) is 0 Å². The van der Waals surface area contributed by atoms with E-state index in [4.69, 9.17) is 15.6 Å². The van der Waals surface area contributed by atoms with Crippen molar-refractivity contribution in [1.29, 1.82) is 0 Å². The molecular formula is C13H12N2O3. The molecule has 2 rings (SSSR count). The van der Waals surface area contributed by atoms with Crippen LogP contribution in [0.4, 0.5) is 5.69 Å². The van der Waals surface area contributed by atoms with Gasteiger partial charge in [0.15, 0.2) is 0 Å². The average Bonchev–Trinajstić information content (AvgIpc) is 2.34. The maximum Gasteiger partial charge on any atom is 0.336 e. The minimum atomic E-state index is -0.983. The third kappa shape index (κ3) is 2.40. The van der Waals surface area contributed by atoms with E-state index >= 15 is 0 Å². The SMILES string of the molecule is Cc1c(Oc2ccc(N)cn2)cccc1C(=O)O. The van der Waals surface area contributed by atoms with Gasteiger partial charge in [-0.2, -0.15) is 0 Å². The van der Waals surface area contributed by atoms with Crippen LogP contribution in [0.2, 0.25) is 0 Å². The Morgan fingerprint density at radius 1 is 1.33 bits per heavy atom. The third-order valence-electron chi connectivity index (χ3n) is 2.49. The lowest BCUT2D eigenvalue weighted by Gasteiger charge is -2.09. The van der Waals surface area contributed by atoms with Crippen molar-refractivity contribution >= 4 is 11.7 Å². The molecule has 0 fully saturated rings. The first kappa shape index (κ1) is 11.9. The predicted molar refractivity (Wildman–Crippen MR) is 66.9 cm³/mol.